The third-order valence-corrected chi connectivity index (χ3v) is 2.08. The Morgan fingerprint density at radius 2 is 2.46 bits per heavy atom. The van der Waals surface area contributed by atoms with Gasteiger partial charge in [0.05, 0.1) is 11.7 Å². The molecule has 0 amide bonds. The zero-order valence-electron chi connectivity index (χ0n) is 7.10. The number of carbonyl (C=O) groups excluding carboxylic acids is 1. The van der Waals surface area contributed by atoms with Gasteiger partial charge in [0.15, 0.2) is 5.78 Å². The zero-order valence-corrected chi connectivity index (χ0v) is 8.00. The first-order valence-electron chi connectivity index (χ1n) is 3.84. The number of thiol groups is 1. The summed E-state index contributed by atoms with van der Waals surface area (Å²) in [6.07, 6.45) is 1.59. The molecule has 1 heterocycles. The molecule has 1 atom stereocenters. The highest BCUT2D eigenvalue weighted by Crippen LogP contribution is 2.06. The van der Waals surface area contributed by atoms with E-state index in [0.29, 0.717) is 17.0 Å². The van der Waals surface area contributed by atoms with Crippen molar-refractivity contribution in [3.8, 4) is 0 Å². The molecule has 0 aliphatic heterocycles. The number of carbonyl (C=O) groups is 1. The summed E-state index contributed by atoms with van der Waals surface area (Å²) in [5.41, 5.74) is 6.47. The number of nitrogens with two attached hydrogens (primary N) is 1. The van der Waals surface area contributed by atoms with Crippen LogP contribution in [0.3, 0.4) is 0 Å². The average Bonchev–Trinajstić information content (AvgIpc) is 2.16. The summed E-state index contributed by atoms with van der Waals surface area (Å²) in [7, 11) is 0. The Labute approximate surface area is 82.8 Å². The topological polar surface area (TPSA) is 56.0 Å². The summed E-state index contributed by atoms with van der Waals surface area (Å²) in [5.74, 6) is 0.167. The minimum atomic E-state index is -0.576. The van der Waals surface area contributed by atoms with Gasteiger partial charge < -0.3 is 5.73 Å². The Bertz CT molecular complexity index is 314. The molecule has 13 heavy (non-hydrogen) atoms. The van der Waals surface area contributed by atoms with Crippen LogP contribution >= 0.6 is 12.6 Å². The van der Waals surface area contributed by atoms with E-state index >= 15 is 0 Å². The van der Waals surface area contributed by atoms with Crippen LogP contribution in [0.15, 0.2) is 18.3 Å². The van der Waals surface area contributed by atoms with Crippen LogP contribution in [0.5, 0.6) is 0 Å². The summed E-state index contributed by atoms with van der Waals surface area (Å²) in [4.78, 5) is 15.4. The first-order chi connectivity index (χ1) is 6.16. The molecule has 0 saturated carbocycles. The summed E-state index contributed by atoms with van der Waals surface area (Å²) in [6.45, 7) is 3.65. The number of Topliss-reactive ketones (excluding diaryl/α,β-unsaturated/α-hetero) is 1. The van der Waals surface area contributed by atoms with E-state index < -0.39 is 6.04 Å². The van der Waals surface area contributed by atoms with E-state index in [-0.39, 0.29) is 5.78 Å². The second kappa shape index (κ2) is 4.39. The standard InChI is InChI=1S/C9H11N2OS/c1-6-7(3-2-4-11-6)9(12)8(10)5-13/h2-4,8,13H,1,5,10H2/t8-/m0/s1. The Kier molecular flexibility index (Phi) is 3.45. The van der Waals surface area contributed by atoms with Crippen molar-refractivity contribution < 1.29 is 4.79 Å². The highest BCUT2D eigenvalue weighted by molar-refractivity contribution is 7.80. The molecule has 0 aromatic carbocycles. The molecule has 1 aromatic heterocycles. The van der Waals surface area contributed by atoms with Gasteiger partial charge in [0.1, 0.15) is 0 Å². The van der Waals surface area contributed by atoms with E-state index in [1.807, 2.05) is 0 Å². The van der Waals surface area contributed by atoms with E-state index in [2.05, 4.69) is 24.5 Å². The fraction of sp³-hybridized carbons (Fsp3) is 0.222. The molecule has 0 aliphatic carbocycles. The highest BCUT2D eigenvalue weighted by atomic mass is 32.1. The van der Waals surface area contributed by atoms with Crippen LogP contribution < -0.4 is 5.73 Å². The van der Waals surface area contributed by atoms with E-state index in [4.69, 9.17) is 5.73 Å². The number of nitrogens with zero attached hydrogens (tertiary/aromatic N) is 1. The molecule has 0 aliphatic rings. The Hall–Kier alpha value is -0.870. The predicted octanol–water partition coefficient (Wildman–Crippen LogP) is 0.704. The summed E-state index contributed by atoms with van der Waals surface area (Å²) >= 11 is 3.95. The summed E-state index contributed by atoms with van der Waals surface area (Å²) in [5, 5.41) is 0. The van der Waals surface area contributed by atoms with Crippen LogP contribution in [0.1, 0.15) is 16.1 Å². The van der Waals surface area contributed by atoms with E-state index in [1.54, 1.807) is 18.3 Å². The van der Waals surface area contributed by atoms with Gasteiger partial charge in [0.2, 0.25) is 0 Å². The molecule has 0 spiro atoms. The third kappa shape index (κ3) is 2.29. The van der Waals surface area contributed by atoms with Crippen LogP contribution in [0, 0.1) is 6.92 Å². The van der Waals surface area contributed by atoms with Crippen molar-refractivity contribution in [2.45, 2.75) is 6.04 Å². The fourth-order valence-electron chi connectivity index (χ4n) is 0.945. The largest absolute Gasteiger partial charge is 0.321 e. The maximum atomic E-state index is 11.5. The molecule has 0 saturated heterocycles. The number of aromatic nitrogens is 1. The van der Waals surface area contributed by atoms with Gasteiger partial charge in [0, 0.05) is 17.5 Å². The Morgan fingerprint density at radius 1 is 1.77 bits per heavy atom. The number of hydrogen-bond acceptors (Lipinski definition) is 4. The van der Waals surface area contributed by atoms with Gasteiger partial charge in [-0.15, -0.1) is 0 Å². The molecule has 3 nitrogen and oxygen atoms in total. The van der Waals surface area contributed by atoms with Crippen LogP contribution in [-0.4, -0.2) is 22.6 Å². The van der Waals surface area contributed by atoms with E-state index in [0.717, 1.165) is 0 Å². The molecule has 0 fully saturated rings. The maximum Gasteiger partial charge on any atom is 0.182 e. The summed E-state index contributed by atoms with van der Waals surface area (Å²) < 4.78 is 0. The molecule has 0 unspecified atom stereocenters. The van der Waals surface area contributed by atoms with E-state index in [9.17, 15) is 4.79 Å². The van der Waals surface area contributed by atoms with E-state index in [1.165, 1.54) is 0 Å². The van der Waals surface area contributed by atoms with Gasteiger partial charge in [0.25, 0.3) is 0 Å². The molecular formula is C9H11N2OS. The van der Waals surface area contributed by atoms with Crippen LogP contribution in [0.25, 0.3) is 0 Å². The molecule has 0 bridgehead atoms. The van der Waals surface area contributed by atoms with Gasteiger partial charge in [-0.25, -0.2) is 0 Å². The lowest BCUT2D eigenvalue weighted by molar-refractivity contribution is 0.0969. The number of hydrogen-bond donors (Lipinski definition) is 2. The minimum absolute atomic E-state index is 0.159. The smallest absolute Gasteiger partial charge is 0.182 e. The average molecular weight is 195 g/mol. The van der Waals surface area contributed by atoms with Crippen molar-refractivity contribution in [3.05, 3.63) is 36.5 Å². The summed E-state index contributed by atoms with van der Waals surface area (Å²) in [6, 6.07) is 2.78. The normalized spacial score (nSPS) is 12.5. The predicted molar refractivity (Wildman–Crippen MR) is 54.9 cm³/mol. The first-order valence-corrected chi connectivity index (χ1v) is 4.47. The monoisotopic (exact) mass is 195 g/mol. The minimum Gasteiger partial charge on any atom is -0.321 e. The van der Waals surface area contributed by atoms with Crippen LogP contribution in [0.4, 0.5) is 0 Å². The molecular weight excluding hydrogens is 184 g/mol. The van der Waals surface area contributed by atoms with Crippen molar-refractivity contribution in [2.75, 3.05) is 5.75 Å². The molecule has 1 aromatic rings. The van der Waals surface area contributed by atoms with Gasteiger partial charge >= 0.3 is 0 Å². The second-order valence-corrected chi connectivity index (χ2v) is 3.02. The van der Waals surface area contributed by atoms with Crippen LogP contribution in [0.2, 0.25) is 0 Å². The van der Waals surface area contributed by atoms with Crippen LogP contribution in [-0.2, 0) is 0 Å². The van der Waals surface area contributed by atoms with Gasteiger partial charge in [-0.3, -0.25) is 9.78 Å². The Balaban J connectivity index is 2.95. The zero-order chi connectivity index (χ0) is 9.84. The SMILES string of the molecule is [CH2]c1ncccc1C(=O)[C@@H](N)CS. The molecule has 69 valence electrons. The quantitative estimate of drug-likeness (QED) is 0.551. The Morgan fingerprint density at radius 3 is 3.00 bits per heavy atom. The lowest BCUT2D eigenvalue weighted by Gasteiger charge is -2.08. The van der Waals surface area contributed by atoms with Crippen molar-refractivity contribution in [1.29, 1.82) is 0 Å². The highest BCUT2D eigenvalue weighted by Gasteiger charge is 2.15. The second-order valence-electron chi connectivity index (χ2n) is 2.65. The fourth-order valence-corrected chi connectivity index (χ4v) is 1.11. The lowest BCUT2D eigenvalue weighted by atomic mass is 10.1. The van der Waals surface area contributed by atoms with Crippen molar-refractivity contribution in [1.82, 2.24) is 4.98 Å². The maximum absolute atomic E-state index is 11.5. The molecule has 4 heteroatoms. The van der Waals surface area contributed by atoms with Crippen molar-refractivity contribution in [2.24, 2.45) is 5.73 Å². The number of ketones is 1. The first kappa shape index (κ1) is 10.2. The molecule has 2 N–H and O–H groups in total. The van der Waals surface area contributed by atoms with Gasteiger partial charge in [-0.1, -0.05) is 0 Å². The number of pyridine rings is 1. The van der Waals surface area contributed by atoms with Gasteiger partial charge in [-0.05, 0) is 19.1 Å². The van der Waals surface area contributed by atoms with Crippen molar-refractivity contribution in [3.63, 3.8) is 0 Å². The number of rotatable bonds is 3. The lowest BCUT2D eigenvalue weighted by Crippen LogP contribution is -2.32. The molecule has 1 radical (unpaired) electrons. The van der Waals surface area contributed by atoms with Crippen molar-refractivity contribution >= 4 is 18.4 Å². The third-order valence-electron chi connectivity index (χ3n) is 1.69. The molecule has 1 rings (SSSR count). The van der Waals surface area contributed by atoms with Gasteiger partial charge in [-0.2, -0.15) is 12.6 Å².